The Balaban J connectivity index is 1.13. The van der Waals surface area contributed by atoms with Crippen LogP contribution in [0.4, 0.5) is 5.69 Å². The van der Waals surface area contributed by atoms with Gasteiger partial charge in [-0.05, 0) is 67.3 Å². The number of rotatable bonds is 6. The first kappa shape index (κ1) is 23.3. The number of fused-ring (bicyclic) bond motifs is 5. The fourth-order valence-corrected chi connectivity index (χ4v) is 6.58. The van der Waals surface area contributed by atoms with E-state index in [1.54, 1.807) is 24.3 Å². The number of benzene rings is 3. The van der Waals surface area contributed by atoms with Crippen LogP contribution >= 0.6 is 0 Å². The molecule has 0 aromatic heterocycles. The molecule has 2 bridgehead atoms. The zero-order chi connectivity index (χ0) is 25.7. The number of esters is 1. The predicted molar refractivity (Wildman–Crippen MR) is 137 cm³/mol. The Hall–Kier alpha value is -4.06. The van der Waals surface area contributed by atoms with Crippen molar-refractivity contribution >= 4 is 29.3 Å². The molecule has 0 radical (unpaired) electrons. The molecule has 37 heavy (non-hydrogen) atoms. The summed E-state index contributed by atoms with van der Waals surface area (Å²) in [6.07, 6.45) is 1.86. The highest BCUT2D eigenvalue weighted by atomic mass is 16.5. The smallest absolute Gasteiger partial charge is 0.338 e. The lowest BCUT2D eigenvalue weighted by molar-refractivity contribution is -0.123. The number of hydrogen-bond donors (Lipinski definition) is 0. The van der Waals surface area contributed by atoms with E-state index in [1.165, 1.54) is 22.6 Å². The normalized spacial score (nSPS) is 25.9. The van der Waals surface area contributed by atoms with Crippen molar-refractivity contribution in [2.24, 2.45) is 23.7 Å². The molecule has 2 aliphatic carbocycles. The van der Waals surface area contributed by atoms with Crippen LogP contribution < -0.4 is 4.90 Å². The Morgan fingerprint density at radius 3 is 2.16 bits per heavy atom. The van der Waals surface area contributed by atoms with Crippen LogP contribution in [0.3, 0.4) is 0 Å². The van der Waals surface area contributed by atoms with Crippen LogP contribution in [-0.4, -0.2) is 30.2 Å². The van der Waals surface area contributed by atoms with Gasteiger partial charge < -0.3 is 4.74 Å². The van der Waals surface area contributed by atoms with Crippen LogP contribution in [0.25, 0.3) is 0 Å². The molecular formula is C31H27NO5. The molecule has 6 rings (SSSR count). The zero-order valence-electron chi connectivity index (χ0n) is 20.5. The van der Waals surface area contributed by atoms with Gasteiger partial charge in [0, 0.05) is 5.56 Å². The van der Waals surface area contributed by atoms with Crippen LogP contribution in [0.2, 0.25) is 0 Å². The summed E-state index contributed by atoms with van der Waals surface area (Å²) in [5, 5.41) is 0. The standard InChI is InChI=1S/C31H27NO5/c1-18-7-9-20(10-8-18)26(33)17-37-31(36)21-11-13-23(14-12-21)32-29(34)27-22-15-24(19-5-3-2-4-6-19)25(16-22)28(27)30(32)35/h2-14,22,24-25,27-28H,15-17H2,1H3/t22-,24+,25+,27-,28-/m0/s1. The minimum atomic E-state index is -0.633. The lowest BCUT2D eigenvalue weighted by Gasteiger charge is -2.28. The summed E-state index contributed by atoms with van der Waals surface area (Å²) in [6, 6.07) is 23.6. The summed E-state index contributed by atoms with van der Waals surface area (Å²) in [7, 11) is 0. The van der Waals surface area contributed by atoms with Crippen molar-refractivity contribution in [3.63, 3.8) is 0 Å². The average Bonchev–Trinajstić information content (AvgIpc) is 3.59. The van der Waals surface area contributed by atoms with E-state index in [9.17, 15) is 19.2 Å². The molecule has 186 valence electrons. The van der Waals surface area contributed by atoms with Crippen molar-refractivity contribution in [3.05, 3.63) is 101 Å². The van der Waals surface area contributed by atoms with E-state index >= 15 is 0 Å². The molecule has 5 atom stereocenters. The van der Waals surface area contributed by atoms with E-state index in [0.29, 0.717) is 17.2 Å². The van der Waals surface area contributed by atoms with Gasteiger partial charge in [0.2, 0.25) is 11.8 Å². The second kappa shape index (κ2) is 9.11. The fraction of sp³-hybridized carbons (Fsp3) is 0.290. The number of nitrogens with zero attached hydrogens (tertiary/aromatic N) is 1. The summed E-state index contributed by atoms with van der Waals surface area (Å²) in [4.78, 5) is 53.0. The largest absolute Gasteiger partial charge is 0.454 e. The van der Waals surface area contributed by atoms with Gasteiger partial charge in [-0.15, -0.1) is 0 Å². The SMILES string of the molecule is Cc1ccc(C(=O)COC(=O)c2ccc(N3C(=O)[C@H]4[C@@H]5C[C@@H]([C@@H]4C3=O)[C@@H](c3ccccc3)C5)cc2)cc1. The molecular weight excluding hydrogens is 466 g/mol. The van der Waals surface area contributed by atoms with Crippen molar-refractivity contribution in [2.75, 3.05) is 11.5 Å². The molecule has 6 nitrogen and oxygen atoms in total. The molecule has 1 saturated heterocycles. The summed E-state index contributed by atoms with van der Waals surface area (Å²) >= 11 is 0. The van der Waals surface area contributed by atoms with E-state index in [-0.39, 0.29) is 53.4 Å². The van der Waals surface area contributed by atoms with Crippen LogP contribution in [-0.2, 0) is 14.3 Å². The number of aryl methyl sites for hydroxylation is 1. The maximum absolute atomic E-state index is 13.5. The highest BCUT2D eigenvalue weighted by Gasteiger charge is 2.64. The van der Waals surface area contributed by atoms with Gasteiger partial charge in [0.15, 0.2) is 12.4 Å². The molecule has 3 fully saturated rings. The van der Waals surface area contributed by atoms with Crippen molar-refractivity contribution < 1.29 is 23.9 Å². The van der Waals surface area contributed by atoms with E-state index in [2.05, 4.69) is 12.1 Å². The molecule has 6 heteroatoms. The maximum Gasteiger partial charge on any atom is 0.338 e. The van der Waals surface area contributed by atoms with Gasteiger partial charge in [0.1, 0.15) is 0 Å². The number of ketones is 1. The third-order valence-electron chi connectivity index (χ3n) is 8.31. The van der Waals surface area contributed by atoms with Crippen LogP contribution in [0.1, 0.15) is 50.6 Å². The number of Topliss-reactive ketones (excluding diaryl/α,β-unsaturated/α-hetero) is 1. The third-order valence-corrected chi connectivity index (χ3v) is 8.31. The number of amides is 2. The minimum Gasteiger partial charge on any atom is -0.454 e. The first-order valence-electron chi connectivity index (χ1n) is 12.7. The van der Waals surface area contributed by atoms with Gasteiger partial charge in [-0.3, -0.25) is 19.3 Å². The number of ether oxygens (including phenoxy) is 1. The van der Waals surface area contributed by atoms with Crippen molar-refractivity contribution in [1.29, 1.82) is 0 Å². The Kier molecular flexibility index (Phi) is 5.75. The van der Waals surface area contributed by atoms with Crippen molar-refractivity contribution in [2.45, 2.75) is 25.7 Å². The lowest BCUT2D eigenvalue weighted by Crippen LogP contribution is -2.33. The molecule has 2 saturated carbocycles. The maximum atomic E-state index is 13.5. The number of carbonyl (C=O) groups is 4. The second-order valence-electron chi connectivity index (χ2n) is 10.4. The Bertz CT molecular complexity index is 1380. The summed E-state index contributed by atoms with van der Waals surface area (Å²) in [5.74, 6) is -1.01. The minimum absolute atomic E-state index is 0.131. The third kappa shape index (κ3) is 3.97. The zero-order valence-corrected chi connectivity index (χ0v) is 20.5. The fourth-order valence-electron chi connectivity index (χ4n) is 6.58. The van der Waals surface area contributed by atoms with Crippen LogP contribution in [0.5, 0.6) is 0 Å². The Morgan fingerprint density at radius 2 is 1.46 bits per heavy atom. The molecule has 3 aromatic carbocycles. The van der Waals surface area contributed by atoms with Gasteiger partial charge in [-0.1, -0.05) is 60.2 Å². The topological polar surface area (TPSA) is 80.8 Å². The van der Waals surface area contributed by atoms with Gasteiger partial charge in [-0.2, -0.15) is 0 Å². The molecule has 0 N–H and O–H groups in total. The Morgan fingerprint density at radius 1 is 0.811 bits per heavy atom. The number of hydrogen-bond acceptors (Lipinski definition) is 5. The van der Waals surface area contributed by atoms with Gasteiger partial charge in [-0.25, -0.2) is 4.79 Å². The lowest BCUT2D eigenvalue weighted by atomic mass is 9.73. The molecule has 2 amide bonds. The van der Waals surface area contributed by atoms with E-state index < -0.39 is 5.97 Å². The average molecular weight is 494 g/mol. The molecule has 0 spiro atoms. The van der Waals surface area contributed by atoms with Crippen molar-refractivity contribution in [3.8, 4) is 0 Å². The highest BCUT2D eigenvalue weighted by Crippen LogP contribution is 2.61. The van der Waals surface area contributed by atoms with Gasteiger partial charge in [0.25, 0.3) is 0 Å². The van der Waals surface area contributed by atoms with E-state index in [4.69, 9.17) is 4.74 Å². The number of imide groups is 1. The quantitative estimate of drug-likeness (QED) is 0.275. The monoisotopic (exact) mass is 493 g/mol. The molecule has 0 unspecified atom stereocenters. The summed E-state index contributed by atoms with van der Waals surface area (Å²) in [6.45, 7) is 1.57. The van der Waals surface area contributed by atoms with E-state index in [0.717, 1.165) is 18.4 Å². The van der Waals surface area contributed by atoms with Crippen LogP contribution in [0, 0.1) is 30.6 Å². The molecule has 3 aromatic rings. The summed E-state index contributed by atoms with van der Waals surface area (Å²) in [5.41, 5.74) is 3.48. The first-order valence-corrected chi connectivity index (χ1v) is 12.7. The number of carbonyl (C=O) groups excluding carboxylic acids is 4. The molecule has 1 heterocycles. The van der Waals surface area contributed by atoms with Crippen LogP contribution in [0.15, 0.2) is 78.9 Å². The predicted octanol–water partition coefficient (Wildman–Crippen LogP) is 4.96. The first-order chi connectivity index (χ1) is 17.9. The molecule has 1 aliphatic heterocycles. The highest BCUT2D eigenvalue weighted by molar-refractivity contribution is 6.22. The summed E-state index contributed by atoms with van der Waals surface area (Å²) < 4.78 is 5.20. The molecule has 3 aliphatic rings. The van der Waals surface area contributed by atoms with E-state index in [1.807, 2.05) is 37.3 Å². The van der Waals surface area contributed by atoms with Gasteiger partial charge in [0.05, 0.1) is 23.1 Å². The second-order valence-corrected chi connectivity index (χ2v) is 10.4. The van der Waals surface area contributed by atoms with Crippen molar-refractivity contribution in [1.82, 2.24) is 0 Å². The Labute approximate surface area is 215 Å². The number of anilines is 1. The van der Waals surface area contributed by atoms with Gasteiger partial charge >= 0.3 is 5.97 Å².